The Labute approximate surface area is 186 Å². The van der Waals surface area contributed by atoms with Gasteiger partial charge in [0.15, 0.2) is 0 Å². The summed E-state index contributed by atoms with van der Waals surface area (Å²) >= 11 is 18.2. The standard InChI is InChI=1S/C20H21Cl3N2O3S/c1-13-6-8-25(9-7-13)29(27,28)16-4-5-18(22)17(11-16)20(26)24-12-14-2-3-15(21)10-19(14)23/h2-5,10-11,13H,6-9,12H2,1H3,(H,24,26). The normalized spacial score (nSPS) is 16.0. The van der Waals surface area contributed by atoms with Crippen LogP contribution in [0.15, 0.2) is 41.3 Å². The lowest BCUT2D eigenvalue weighted by Crippen LogP contribution is -2.38. The summed E-state index contributed by atoms with van der Waals surface area (Å²) < 4.78 is 27.4. The first-order valence-corrected chi connectivity index (χ1v) is 11.8. The fraction of sp³-hybridized carbons (Fsp3) is 0.350. The molecule has 1 N–H and O–H groups in total. The Morgan fingerprint density at radius 2 is 1.76 bits per heavy atom. The minimum atomic E-state index is -3.68. The summed E-state index contributed by atoms with van der Waals surface area (Å²) in [4.78, 5) is 12.7. The molecule has 0 aromatic heterocycles. The van der Waals surface area contributed by atoms with E-state index in [0.717, 1.165) is 12.8 Å². The summed E-state index contributed by atoms with van der Waals surface area (Å²) in [5.41, 5.74) is 0.787. The molecule has 2 aromatic carbocycles. The molecule has 0 aliphatic carbocycles. The number of benzene rings is 2. The van der Waals surface area contributed by atoms with Gasteiger partial charge in [-0.3, -0.25) is 4.79 Å². The van der Waals surface area contributed by atoms with Gasteiger partial charge in [0.2, 0.25) is 10.0 Å². The Kier molecular flexibility index (Phi) is 7.12. The first kappa shape index (κ1) is 22.4. The molecule has 1 aliphatic rings. The van der Waals surface area contributed by atoms with Gasteiger partial charge in [0.1, 0.15) is 0 Å². The topological polar surface area (TPSA) is 66.5 Å². The zero-order chi connectivity index (χ0) is 21.2. The fourth-order valence-electron chi connectivity index (χ4n) is 3.15. The zero-order valence-electron chi connectivity index (χ0n) is 15.8. The number of halogens is 3. The summed E-state index contributed by atoms with van der Waals surface area (Å²) in [6, 6.07) is 9.17. The summed E-state index contributed by atoms with van der Waals surface area (Å²) in [7, 11) is -3.68. The lowest BCUT2D eigenvalue weighted by Gasteiger charge is -2.29. The van der Waals surface area contributed by atoms with Gasteiger partial charge in [-0.2, -0.15) is 4.31 Å². The highest BCUT2D eigenvalue weighted by molar-refractivity contribution is 7.89. The van der Waals surface area contributed by atoms with E-state index in [1.54, 1.807) is 18.2 Å². The largest absolute Gasteiger partial charge is 0.348 e. The molecule has 1 amide bonds. The highest BCUT2D eigenvalue weighted by Crippen LogP contribution is 2.27. The van der Waals surface area contributed by atoms with Crippen LogP contribution in [0.2, 0.25) is 15.1 Å². The second kappa shape index (κ2) is 9.23. The van der Waals surface area contributed by atoms with E-state index < -0.39 is 15.9 Å². The third kappa shape index (κ3) is 5.25. The van der Waals surface area contributed by atoms with Gasteiger partial charge in [0, 0.05) is 29.7 Å². The molecule has 1 heterocycles. The van der Waals surface area contributed by atoms with Crippen molar-refractivity contribution < 1.29 is 13.2 Å². The minimum Gasteiger partial charge on any atom is -0.348 e. The van der Waals surface area contributed by atoms with Crippen molar-refractivity contribution in [1.82, 2.24) is 9.62 Å². The molecule has 1 saturated heterocycles. The van der Waals surface area contributed by atoms with Crippen molar-refractivity contribution in [2.45, 2.75) is 31.2 Å². The molecule has 3 rings (SSSR count). The number of hydrogen-bond donors (Lipinski definition) is 1. The zero-order valence-corrected chi connectivity index (χ0v) is 18.9. The molecule has 2 aromatic rings. The maximum Gasteiger partial charge on any atom is 0.253 e. The Hall–Kier alpha value is -1.31. The number of nitrogens with one attached hydrogen (secondary N) is 1. The SMILES string of the molecule is CC1CCN(S(=O)(=O)c2ccc(Cl)c(C(=O)NCc3ccc(Cl)cc3Cl)c2)CC1. The number of amides is 1. The third-order valence-electron chi connectivity index (χ3n) is 5.02. The summed E-state index contributed by atoms with van der Waals surface area (Å²) in [5, 5.41) is 3.83. The lowest BCUT2D eigenvalue weighted by atomic mass is 10.0. The number of nitrogens with zero attached hydrogens (tertiary/aromatic N) is 1. The van der Waals surface area contributed by atoms with Crippen LogP contribution in [0.4, 0.5) is 0 Å². The number of piperidine rings is 1. The number of hydrogen-bond acceptors (Lipinski definition) is 3. The molecule has 0 radical (unpaired) electrons. The van der Waals surface area contributed by atoms with Gasteiger partial charge in [-0.05, 0) is 54.7 Å². The van der Waals surface area contributed by atoms with Gasteiger partial charge in [-0.1, -0.05) is 47.8 Å². The monoisotopic (exact) mass is 474 g/mol. The van der Waals surface area contributed by atoms with Crippen LogP contribution in [0.3, 0.4) is 0 Å². The van der Waals surface area contributed by atoms with Gasteiger partial charge in [0.25, 0.3) is 5.91 Å². The molecule has 5 nitrogen and oxygen atoms in total. The molecule has 0 atom stereocenters. The second-order valence-corrected chi connectivity index (χ2v) is 10.3. The number of carbonyl (C=O) groups is 1. The van der Waals surface area contributed by atoms with Gasteiger partial charge < -0.3 is 5.32 Å². The molecule has 156 valence electrons. The fourth-order valence-corrected chi connectivity index (χ4v) is 5.32. The number of sulfonamides is 1. The summed E-state index contributed by atoms with van der Waals surface area (Å²) in [6.45, 7) is 3.22. The predicted molar refractivity (Wildman–Crippen MR) is 116 cm³/mol. The Morgan fingerprint density at radius 3 is 2.41 bits per heavy atom. The first-order valence-electron chi connectivity index (χ1n) is 9.20. The van der Waals surface area contributed by atoms with E-state index >= 15 is 0 Å². The van der Waals surface area contributed by atoms with Gasteiger partial charge in [-0.25, -0.2) is 8.42 Å². The van der Waals surface area contributed by atoms with Crippen LogP contribution >= 0.6 is 34.8 Å². The molecule has 9 heteroatoms. The maximum atomic E-state index is 13.0. The van der Waals surface area contributed by atoms with Crippen molar-refractivity contribution >= 4 is 50.7 Å². The highest BCUT2D eigenvalue weighted by atomic mass is 35.5. The Bertz CT molecular complexity index is 1020. The van der Waals surface area contributed by atoms with E-state index in [2.05, 4.69) is 12.2 Å². The lowest BCUT2D eigenvalue weighted by molar-refractivity contribution is 0.0951. The molecule has 0 unspecified atom stereocenters. The van der Waals surface area contributed by atoms with Gasteiger partial charge in [0.05, 0.1) is 15.5 Å². The third-order valence-corrected chi connectivity index (χ3v) is 7.83. The van der Waals surface area contributed by atoms with E-state index in [0.29, 0.717) is 34.6 Å². The van der Waals surface area contributed by atoms with Crippen molar-refractivity contribution in [3.05, 3.63) is 62.6 Å². The molecule has 29 heavy (non-hydrogen) atoms. The van der Waals surface area contributed by atoms with Crippen LogP contribution in [-0.2, 0) is 16.6 Å². The average Bonchev–Trinajstić information content (AvgIpc) is 2.67. The molecule has 1 fully saturated rings. The molecular formula is C20H21Cl3N2O3S. The molecule has 0 saturated carbocycles. The average molecular weight is 476 g/mol. The van der Waals surface area contributed by atoms with E-state index in [-0.39, 0.29) is 22.0 Å². The second-order valence-electron chi connectivity index (χ2n) is 7.15. The quantitative estimate of drug-likeness (QED) is 0.662. The van der Waals surface area contributed by atoms with Crippen LogP contribution in [0, 0.1) is 5.92 Å². The van der Waals surface area contributed by atoms with Crippen molar-refractivity contribution in [2.24, 2.45) is 5.92 Å². The van der Waals surface area contributed by atoms with Crippen LogP contribution in [-0.4, -0.2) is 31.7 Å². The maximum absolute atomic E-state index is 13.0. The van der Waals surface area contributed by atoms with Crippen LogP contribution < -0.4 is 5.32 Å². The Morgan fingerprint density at radius 1 is 1.07 bits per heavy atom. The smallest absolute Gasteiger partial charge is 0.253 e. The Balaban J connectivity index is 1.78. The van der Waals surface area contributed by atoms with E-state index in [4.69, 9.17) is 34.8 Å². The van der Waals surface area contributed by atoms with Gasteiger partial charge >= 0.3 is 0 Å². The highest BCUT2D eigenvalue weighted by Gasteiger charge is 2.29. The summed E-state index contributed by atoms with van der Waals surface area (Å²) in [5.74, 6) is 0.0260. The van der Waals surface area contributed by atoms with E-state index in [1.807, 2.05) is 0 Å². The molecular weight excluding hydrogens is 455 g/mol. The van der Waals surface area contributed by atoms with Crippen LogP contribution in [0.5, 0.6) is 0 Å². The van der Waals surface area contributed by atoms with Crippen LogP contribution in [0.1, 0.15) is 35.7 Å². The van der Waals surface area contributed by atoms with Crippen molar-refractivity contribution in [2.75, 3.05) is 13.1 Å². The molecule has 0 spiro atoms. The van der Waals surface area contributed by atoms with Crippen LogP contribution in [0.25, 0.3) is 0 Å². The first-order chi connectivity index (χ1) is 13.7. The van der Waals surface area contributed by atoms with Crippen molar-refractivity contribution in [3.8, 4) is 0 Å². The number of rotatable bonds is 5. The molecule has 0 bridgehead atoms. The van der Waals surface area contributed by atoms with E-state index in [1.165, 1.54) is 22.5 Å². The predicted octanol–water partition coefficient (Wildman–Crippen LogP) is 5.00. The number of carbonyl (C=O) groups excluding carboxylic acids is 1. The van der Waals surface area contributed by atoms with Crippen molar-refractivity contribution in [3.63, 3.8) is 0 Å². The van der Waals surface area contributed by atoms with Gasteiger partial charge in [-0.15, -0.1) is 0 Å². The molecule has 1 aliphatic heterocycles. The minimum absolute atomic E-state index is 0.0612. The van der Waals surface area contributed by atoms with Crippen molar-refractivity contribution in [1.29, 1.82) is 0 Å². The van der Waals surface area contributed by atoms with E-state index in [9.17, 15) is 13.2 Å². The summed E-state index contributed by atoms with van der Waals surface area (Å²) in [6.07, 6.45) is 1.64.